The molecule has 1 amide bonds. The quantitative estimate of drug-likeness (QED) is 0.747. The number of amides is 1. The van der Waals surface area contributed by atoms with Crippen molar-refractivity contribution in [2.75, 3.05) is 13.1 Å². The van der Waals surface area contributed by atoms with Gasteiger partial charge in [0, 0.05) is 42.7 Å². The summed E-state index contributed by atoms with van der Waals surface area (Å²) in [5, 5.41) is 8.30. The van der Waals surface area contributed by atoms with Crippen LogP contribution in [-0.2, 0) is 11.3 Å². The Balaban J connectivity index is 1.38. The van der Waals surface area contributed by atoms with E-state index in [0.717, 1.165) is 48.7 Å². The highest BCUT2D eigenvalue weighted by Gasteiger charge is 2.25. The predicted molar refractivity (Wildman–Crippen MR) is 105 cm³/mol. The molecule has 1 N–H and O–H groups in total. The number of imidazole rings is 1. The molecule has 0 atom stereocenters. The summed E-state index contributed by atoms with van der Waals surface area (Å²) in [6.07, 6.45) is 5.43. The van der Waals surface area contributed by atoms with Crippen molar-refractivity contribution in [2.45, 2.75) is 32.2 Å². The van der Waals surface area contributed by atoms with Crippen molar-refractivity contribution in [3.05, 3.63) is 59.3 Å². The van der Waals surface area contributed by atoms with Gasteiger partial charge in [-0.15, -0.1) is 0 Å². The fraction of sp³-hybridized carbons (Fsp3) is 0.350. The van der Waals surface area contributed by atoms with Crippen LogP contribution < -0.4 is 0 Å². The van der Waals surface area contributed by atoms with E-state index < -0.39 is 0 Å². The first-order valence-electron chi connectivity index (χ1n) is 9.17. The molecule has 7 heteroatoms. The third-order valence-electron chi connectivity index (χ3n) is 5.26. The number of aromatic nitrogens is 4. The molecule has 0 saturated carbocycles. The SMILES string of the molecule is Cc1nccn1CC(=O)N1CCC(c2cc(-c3ccccc3Cl)n[nH]2)CC1. The number of H-pyrrole nitrogens is 1. The molecule has 1 fully saturated rings. The predicted octanol–water partition coefficient (Wildman–Crippen LogP) is 3.64. The maximum absolute atomic E-state index is 12.5. The highest BCUT2D eigenvalue weighted by Crippen LogP contribution is 2.31. The number of aromatic amines is 1. The summed E-state index contributed by atoms with van der Waals surface area (Å²) in [6, 6.07) is 9.80. The van der Waals surface area contributed by atoms with Crippen LogP contribution in [-0.4, -0.2) is 43.6 Å². The first-order valence-corrected chi connectivity index (χ1v) is 9.55. The first-order chi connectivity index (χ1) is 13.1. The summed E-state index contributed by atoms with van der Waals surface area (Å²) < 4.78 is 1.89. The highest BCUT2D eigenvalue weighted by atomic mass is 35.5. The van der Waals surface area contributed by atoms with Gasteiger partial charge >= 0.3 is 0 Å². The van der Waals surface area contributed by atoms with Gasteiger partial charge < -0.3 is 9.47 Å². The molecule has 1 aromatic carbocycles. The Morgan fingerprint density at radius 2 is 2.07 bits per heavy atom. The van der Waals surface area contributed by atoms with Gasteiger partial charge in [0.2, 0.25) is 5.91 Å². The number of nitrogens with one attached hydrogen (secondary N) is 1. The number of carbonyl (C=O) groups is 1. The number of nitrogens with zero attached hydrogens (tertiary/aromatic N) is 4. The molecule has 2 aromatic heterocycles. The summed E-state index contributed by atoms with van der Waals surface area (Å²) in [5.74, 6) is 1.39. The molecular formula is C20H22ClN5O. The van der Waals surface area contributed by atoms with Gasteiger partial charge in [0.05, 0.1) is 10.7 Å². The third kappa shape index (κ3) is 3.76. The van der Waals surface area contributed by atoms with E-state index >= 15 is 0 Å². The van der Waals surface area contributed by atoms with Gasteiger partial charge in [0.25, 0.3) is 0 Å². The monoisotopic (exact) mass is 383 g/mol. The minimum atomic E-state index is 0.149. The molecule has 0 radical (unpaired) electrons. The van der Waals surface area contributed by atoms with Gasteiger partial charge in [-0.25, -0.2) is 4.98 Å². The number of hydrogen-bond donors (Lipinski definition) is 1. The topological polar surface area (TPSA) is 66.8 Å². The van der Waals surface area contributed by atoms with Crippen LogP contribution in [0.25, 0.3) is 11.3 Å². The summed E-state index contributed by atoms with van der Waals surface area (Å²) in [4.78, 5) is 18.6. The molecule has 1 saturated heterocycles. The van der Waals surface area contributed by atoms with E-state index in [1.54, 1.807) is 6.20 Å². The van der Waals surface area contributed by atoms with Gasteiger partial charge in [-0.05, 0) is 31.9 Å². The van der Waals surface area contributed by atoms with Gasteiger partial charge in [0.15, 0.2) is 0 Å². The molecule has 3 aromatic rings. The first kappa shape index (κ1) is 17.8. The lowest BCUT2D eigenvalue weighted by Gasteiger charge is -2.31. The average molecular weight is 384 g/mol. The summed E-state index contributed by atoms with van der Waals surface area (Å²) in [7, 11) is 0. The van der Waals surface area contributed by atoms with Crippen LogP contribution in [0.4, 0.5) is 0 Å². The van der Waals surface area contributed by atoms with Crippen LogP contribution in [0.2, 0.25) is 5.02 Å². The fourth-order valence-electron chi connectivity index (χ4n) is 3.61. The Bertz CT molecular complexity index is 939. The van der Waals surface area contributed by atoms with Gasteiger partial charge in [-0.2, -0.15) is 5.10 Å². The summed E-state index contributed by atoms with van der Waals surface area (Å²) in [5.41, 5.74) is 2.91. The van der Waals surface area contributed by atoms with Crippen LogP contribution in [0.5, 0.6) is 0 Å². The second-order valence-corrected chi connectivity index (χ2v) is 7.35. The Morgan fingerprint density at radius 3 is 2.78 bits per heavy atom. The standard InChI is InChI=1S/C20H22ClN5O/c1-14-22-8-11-26(14)13-20(27)25-9-6-15(7-10-25)18-12-19(24-23-18)16-4-2-3-5-17(16)21/h2-5,8,11-12,15H,6-7,9-10,13H2,1H3,(H,23,24). The maximum atomic E-state index is 12.5. The summed E-state index contributed by atoms with van der Waals surface area (Å²) in [6.45, 7) is 3.79. The fourth-order valence-corrected chi connectivity index (χ4v) is 3.84. The lowest BCUT2D eigenvalue weighted by Crippen LogP contribution is -2.39. The zero-order valence-corrected chi connectivity index (χ0v) is 16.0. The van der Waals surface area contributed by atoms with Crippen molar-refractivity contribution in [2.24, 2.45) is 0 Å². The zero-order valence-electron chi connectivity index (χ0n) is 15.2. The van der Waals surface area contributed by atoms with Crippen molar-refractivity contribution in [3.63, 3.8) is 0 Å². The molecule has 0 unspecified atom stereocenters. The Labute approximate surface area is 163 Å². The lowest BCUT2D eigenvalue weighted by molar-refractivity contribution is -0.132. The van der Waals surface area contributed by atoms with Crippen molar-refractivity contribution in [1.82, 2.24) is 24.6 Å². The van der Waals surface area contributed by atoms with Crippen LogP contribution >= 0.6 is 11.6 Å². The molecular weight excluding hydrogens is 362 g/mol. The van der Waals surface area contributed by atoms with E-state index in [4.69, 9.17) is 11.6 Å². The number of rotatable bonds is 4. The molecule has 6 nitrogen and oxygen atoms in total. The zero-order chi connectivity index (χ0) is 18.8. The molecule has 1 aliphatic rings. The summed E-state index contributed by atoms with van der Waals surface area (Å²) >= 11 is 6.27. The maximum Gasteiger partial charge on any atom is 0.242 e. The molecule has 140 valence electrons. The van der Waals surface area contributed by atoms with Crippen molar-refractivity contribution in [1.29, 1.82) is 0 Å². The van der Waals surface area contributed by atoms with Crippen LogP contribution in [0.3, 0.4) is 0 Å². The normalized spacial score (nSPS) is 15.3. The van der Waals surface area contributed by atoms with Crippen molar-refractivity contribution in [3.8, 4) is 11.3 Å². The van der Waals surface area contributed by atoms with Crippen molar-refractivity contribution >= 4 is 17.5 Å². The van der Waals surface area contributed by atoms with Crippen molar-refractivity contribution < 1.29 is 4.79 Å². The van der Waals surface area contributed by atoms with E-state index in [0.29, 0.717) is 17.5 Å². The molecule has 1 aliphatic heterocycles. The lowest BCUT2D eigenvalue weighted by atomic mass is 9.93. The van der Waals surface area contributed by atoms with E-state index in [9.17, 15) is 4.79 Å². The minimum absolute atomic E-state index is 0.149. The van der Waals surface area contributed by atoms with Crippen LogP contribution in [0.15, 0.2) is 42.7 Å². The number of aryl methyl sites for hydroxylation is 1. The average Bonchev–Trinajstić information content (AvgIpc) is 3.32. The van der Waals surface area contributed by atoms with E-state index in [1.165, 1.54) is 0 Å². The highest BCUT2D eigenvalue weighted by molar-refractivity contribution is 6.33. The smallest absolute Gasteiger partial charge is 0.242 e. The molecule has 0 bridgehead atoms. The Hall–Kier alpha value is -2.60. The third-order valence-corrected chi connectivity index (χ3v) is 5.59. The number of halogens is 1. The largest absolute Gasteiger partial charge is 0.341 e. The van der Waals surface area contributed by atoms with Gasteiger partial charge in [-0.1, -0.05) is 29.8 Å². The van der Waals surface area contributed by atoms with Gasteiger partial charge in [-0.3, -0.25) is 9.89 Å². The minimum Gasteiger partial charge on any atom is -0.341 e. The second-order valence-electron chi connectivity index (χ2n) is 6.95. The van der Waals surface area contributed by atoms with Gasteiger partial charge in [0.1, 0.15) is 12.4 Å². The number of likely N-dealkylation sites (tertiary alicyclic amines) is 1. The number of piperidine rings is 1. The molecule has 3 heterocycles. The van der Waals surface area contributed by atoms with E-state index in [1.807, 2.05) is 46.9 Å². The molecule has 27 heavy (non-hydrogen) atoms. The van der Waals surface area contributed by atoms with E-state index in [2.05, 4.69) is 21.2 Å². The Kier molecular flexibility index (Phi) is 4.99. The Morgan fingerprint density at radius 1 is 1.30 bits per heavy atom. The molecule has 0 spiro atoms. The number of hydrogen-bond acceptors (Lipinski definition) is 3. The van der Waals surface area contributed by atoms with Crippen LogP contribution in [0.1, 0.15) is 30.3 Å². The molecule has 4 rings (SSSR count). The second kappa shape index (κ2) is 7.56. The van der Waals surface area contributed by atoms with E-state index in [-0.39, 0.29) is 5.91 Å². The molecule has 0 aliphatic carbocycles. The van der Waals surface area contributed by atoms with Crippen LogP contribution in [0, 0.1) is 6.92 Å². The number of carbonyl (C=O) groups excluding carboxylic acids is 1. The number of benzene rings is 1.